The van der Waals surface area contributed by atoms with Gasteiger partial charge in [-0.05, 0) is 49.2 Å². The second-order valence-electron chi connectivity index (χ2n) is 7.29. The van der Waals surface area contributed by atoms with Crippen LogP contribution in [-0.2, 0) is 4.79 Å². The number of benzene rings is 2. The summed E-state index contributed by atoms with van der Waals surface area (Å²) in [5, 5.41) is 1.81. The van der Waals surface area contributed by atoms with Gasteiger partial charge in [-0.25, -0.2) is 4.98 Å². The summed E-state index contributed by atoms with van der Waals surface area (Å²) in [5.41, 5.74) is 3.61. The maximum Gasteiger partial charge on any atom is 0.223 e. The maximum atomic E-state index is 12.6. The molecule has 0 radical (unpaired) electrons. The quantitative estimate of drug-likeness (QED) is 0.493. The van der Waals surface area contributed by atoms with Crippen molar-refractivity contribution in [1.82, 2.24) is 9.88 Å². The summed E-state index contributed by atoms with van der Waals surface area (Å²) >= 11 is 9.38. The SMILES string of the molecule is Cc1ccc(C)c2sc(N3CCN(C(=O)CCSc4ccc(Cl)cc4)CC3)nc12. The smallest absolute Gasteiger partial charge is 0.223 e. The second kappa shape index (κ2) is 8.94. The van der Waals surface area contributed by atoms with Gasteiger partial charge < -0.3 is 9.80 Å². The molecule has 1 fully saturated rings. The van der Waals surface area contributed by atoms with Crippen LogP contribution in [0.4, 0.5) is 5.13 Å². The summed E-state index contributed by atoms with van der Waals surface area (Å²) in [4.78, 5) is 22.9. The van der Waals surface area contributed by atoms with Gasteiger partial charge in [0.25, 0.3) is 0 Å². The van der Waals surface area contributed by atoms with Crippen LogP contribution >= 0.6 is 34.7 Å². The lowest BCUT2D eigenvalue weighted by atomic mass is 10.1. The molecule has 4 nitrogen and oxygen atoms in total. The average molecular weight is 446 g/mol. The standard InChI is InChI=1S/C22H24ClN3OS2/c1-15-3-4-16(2)21-20(15)24-22(29-21)26-12-10-25(11-13-26)19(27)9-14-28-18-7-5-17(23)6-8-18/h3-8H,9-14H2,1-2H3. The van der Waals surface area contributed by atoms with Crippen molar-refractivity contribution in [3.05, 3.63) is 52.5 Å². The van der Waals surface area contributed by atoms with E-state index in [2.05, 4.69) is 30.9 Å². The van der Waals surface area contributed by atoms with Gasteiger partial charge >= 0.3 is 0 Å². The van der Waals surface area contributed by atoms with E-state index in [1.165, 1.54) is 15.8 Å². The number of nitrogens with zero attached hydrogens (tertiary/aromatic N) is 3. The van der Waals surface area contributed by atoms with Crippen LogP contribution in [0, 0.1) is 13.8 Å². The molecule has 0 unspecified atom stereocenters. The first kappa shape index (κ1) is 20.5. The number of piperazine rings is 1. The van der Waals surface area contributed by atoms with E-state index in [9.17, 15) is 4.79 Å². The summed E-state index contributed by atoms with van der Waals surface area (Å²) in [6.45, 7) is 7.46. The number of anilines is 1. The number of thiazole rings is 1. The highest BCUT2D eigenvalue weighted by atomic mass is 35.5. The third kappa shape index (κ3) is 4.71. The minimum atomic E-state index is 0.238. The number of hydrogen-bond acceptors (Lipinski definition) is 5. The van der Waals surface area contributed by atoms with Crippen LogP contribution in [-0.4, -0.2) is 47.7 Å². The molecule has 3 aromatic rings. The summed E-state index contributed by atoms with van der Waals surface area (Å²) < 4.78 is 1.28. The highest BCUT2D eigenvalue weighted by molar-refractivity contribution is 7.99. The number of aryl methyl sites for hydroxylation is 2. The number of carbonyl (C=O) groups is 1. The van der Waals surface area contributed by atoms with Gasteiger partial charge in [-0.3, -0.25) is 4.79 Å². The number of aromatic nitrogens is 1. The van der Waals surface area contributed by atoms with E-state index >= 15 is 0 Å². The van der Waals surface area contributed by atoms with Gasteiger partial charge in [-0.15, -0.1) is 11.8 Å². The fourth-order valence-electron chi connectivity index (χ4n) is 3.48. The summed E-state index contributed by atoms with van der Waals surface area (Å²) in [6.07, 6.45) is 0.562. The Kier molecular flexibility index (Phi) is 6.32. The van der Waals surface area contributed by atoms with E-state index in [1.807, 2.05) is 29.2 Å². The van der Waals surface area contributed by atoms with Gasteiger partial charge in [0.2, 0.25) is 5.91 Å². The molecule has 0 spiro atoms. The highest BCUT2D eigenvalue weighted by Gasteiger charge is 2.23. The van der Waals surface area contributed by atoms with Gasteiger partial charge in [-0.2, -0.15) is 0 Å². The lowest BCUT2D eigenvalue weighted by molar-refractivity contribution is -0.131. The molecule has 0 bridgehead atoms. The fraction of sp³-hybridized carbons (Fsp3) is 0.364. The minimum absolute atomic E-state index is 0.238. The van der Waals surface area contributed by atoms with Crippen molar-refractivity contribution in [3.8, 4) is 0 Å². The van der Waals surface area contributed by atoms with Gasteiger partial charge in [-0.1, -0.05) is 35.1 Å². The zero-order valence-corrected chi connectivity index (χ0v) is 19.0. The van der Waals surface area contributed by atoms with Crippen molar-refractivity contribution in [3.63, 3.8) is 0 Å². The lowest BCUT2D eigenvalue weighted by Crippen LogP contribution is -2.48. The molecule has 0 atom stereocenters. The number of halogens is 1. The molecular weight excluding hydrogens is 422 g/mol. The Morgan fingerprint density at radius 3 is 2.45 bits per heavy atom. The van der Waals surface area contributed by atoms with Crippen molar-refractivity contribution in [2.45, 2.75) is 25.2 Å². The highest BCUT2D eigenvalue weighted by Crippen LogP contribution is 2.33. The number of thioether (sulfide) groups is 1. The monoisotopic (exact) mass is 445 g/mol. The van der Waals surface area contributed by atoms with Crippen molar-refractivity contribution in [2.75, 3.05) is 36.8 Å². The Bertz CT molecular complexity index is 972. The first-order chi connectivity index (χ1) is 14.0. The molecule has 2 aromatic carbocycles. The predicted molar refractivity (Wildman–Crippen MR) is 125 cm³/mol. The molecule has 1 aliphatic rings. The fourth-order valence-corrected chi connectivity index (χ4v) is 5.61. The third-order valence-electron chi connectivity index (χ3n) is 5.23. The molecule has 7 heteroatoms. The molecule has 2 heterocycles. The van der Waals surface area contributed by atoms with E-state index in [4.69, 9.17) is 16.6 Å². The van der Waals surface area contributed by atoms with Crippen molar-refractivity contribution in [1.29, 1.82) is 0 Å². The summed E-state index contributed by atoms with van der Waals surface area (Å²) in [6, 6.07) is 12.1. The number of amides is 1. The van der Waals surface area contributed by atoms with Crippen LogP contribution in [0.1, 0.15) is 17.5 Å². The normalized spacial score (nSPS) is 14.6. The van der Waals surface area contributed by atoms with Crippen molar-refractivity contribution in [2.24, 2.45) is 0 Å². The molecule has 1 saturated heterocycles. The van der Waals surface area contributed by atoms with Crippen LogP contribution in [0.5, 0.6) is 0 Å². The van der Waals surface area contributed by atoms with Crippen LogP contribution in [0.2, 0.25) is 5.02 Å². The van der Waals surface area contributed by atoms with E-state index in [0.29, 0.717) is 6.42 Å². The molecule has 4 rings (SSSR count). The van der Waals surface area contributed by atoms with Crippen LogP contribution in [0.25, 0.3) is 10.2 Å². The zero-order chi connectivity index (χ0) is 20.4. The molecule has 0 N–H and O–H groups in total. The van der Waals surface area contributed by atoms with Crippen LogP contribution in [0.15, 0.2) is 41.3 Å². The van der Waals surface area contributed by atoms with Crippen LogP contribution in [0.3, 0.4) is 0 Å². The molecule has 152 valence electrons. The third-order valence-corrected chi connectivity index (χ3v) is 7.75. The first-order valence-corrected chi connectivity index (χ1v) is 12.0. The number of rotatable bonds is 5. The first-order valence-electron chi connectivity index (χ1n) is 9.79. The molecule has 29 heavy (non-hydrogen) atoms. The lowest BCUT2D eigenvalue weighted by Gasteiger charge is -2.34. The van der Waals surface area contributed by atoms with E-state index in [0.717, 1.165) is 52.5 Å². The van der Waals surface area contributed by atoms with Gasteiger partial charge in [0.05, 0.1) is 10.2 Å². The molecule has 0 saturated carbocycles. The van der Waals surface area contributed by atoms with Gasteiger partial charge in [0.1, 0.15) is 0 Å². The van der Waals surface area contributed by atoms with E-state index in [1.54, 1.807) is 23.1 Å². The predicted octanol–water partition coefficient (Wildman–Crippen LogP) is 5.40. The van der Waals surface area contributed by atoms with E-state index in [-0.39, 0.29) is 5.91 Å². The molecular formula is C22H24ClN3OS2. The molecule has 1 amide bonds. The van der Waals surface area contributed by atoms with E-state index < -0.39 is 0 Å². The Hall–Kier alpha value is -1.76. The van der Waals surface area contributed by atoms with Crippen molar-refractivity contribution >= 4 is 56.0 Å². The topological polar surface area (TPSA) is 36.4 Å². The summed E-state index contributed by atoms with van der Waals surface area (Å²) in [5.74, 6) is 1.03. The number of hydrogen-bond donors (Lipinski definition) is 0. The Morgan fingerprint density at radius 1 is 1.07 bits per heavy atom. The zero-order valence-electron chi connectivity index (χ0n) is 16.7. The largest absolute Gasteiger partial charge is 0.345 e. The average Bonchev–Trinajstić information content (AvgIpc) is 3.19. The number of fused-ring (bicyclic) bond motifs is 1. The molecule has 1 aliphatic heterocycles. The summed E-state index contributed by atoms with van der Waals surface area (Å²) in [7, 11) is 0. The minimum Gasteiger partial charge on any atom is -0.345 e. The van der Waals surface area contributed by atoms with Crippen LogP contribution < -0.4 is 4.90 Å². The van der Waals surface area contributed by atoms with Gasteiger partial charge in [0, 0.05) is 48.3 Å². The van der Waals surface area contributed by atoms with Crippen molar-refractivity contribution < 1.29 is 4.79 Å². The Labute approximate surface area is 184 Å². The molecule has 0 aliphatic carbocycles. The Balaban J connectivity index is 1.30. The molecule has 1 aromatic heterocycles. The maximum absolute atomic E-state index is 12.6. The second-order valence-corrected chi connectivity index (χ2v) is 9.88. The van der Waals surface area contributed by atoms with Gasteiger partial charge in [0.15, 0.2) is 5.13 Å². The number of carbonyl (C=O) groups excluding carboxylic acids is 1. The Morgan fingerprint density at radius 2 is 1.76 bits per heavy atom.